The Morgan fingerprint density at radius 3 is 2.64 bits per heavy atom. The van der Waals surface area contributed by atoms with Crippen LogP contribution in [0.2, 0.25) is 0 Å². The number of nitrogens with zero attached hydrogens (tertiary/aromatic N) is 2. The molecule has 3 heterocycles. The van der Waals surface area contributed by atoms with Crippen molar-refractivity contribution in [2.45, 2.75) is 71.1 Å². The van der Waals surface area contributed by atoms with Crippen molar-refractivity contribution >= 4 is 39.0 Å². The predicted molar refractivity (Wildman–Crippen MR) is 170 cm³/mol. The van der Waals surface area contributed by atoms with Gasteiger partial charge in [-0.1, -0.05) is 45.9 Å². The molecule has 42 heavy (non-hydrogen) atoms. The number of H-pyrrole nitrogens is 1. The van der Waals surface area contributed by atoms with Gasteiger partial charge in [-0.2, -0.15) is 0 Å². The summed E-state index contributed by atoms with van der Waals surface area (Å²) in [6.45, 7) is 12.6. The third kappa shape index (κ3) is 5.20. The number of hydrogen-bond acceptors (Lipinski definition) is 4. The second-order valence-corrected chi connectivity index (χ2v) is 14.5. The summed E-state index contributed by atoms with van der Waals surface area (Å²) in [4.78, 5) is 19.6. The molecule has 0 bridgehead atoms. The molecule has 3 aliphatic rings. The van der Waals surface area contributed by atoms with E-state index in [2.05, 4.69) is 42.9 Å². The van der Waals surface area contributed by atoms with E-state index in [1.807, 2.05) is 30.3 Å². The second-order valence-electron chi connectivity index (χ2n) is 12.6. The van der Waals surface area contributed by atoms with Crippen LogP contribution in [0.15, 0.2) is 47.4 Å². The van der Waals surface area contributed by atoms with Gasteiger partial charge in [0.1, 0.15) is 0 Å². The van der Waals surface area contributed by atoms with E-state index in [0.29, 0.717) is 29.8 Å². The Balaban J connectivity index is 1.37. The topological polar surface area (TPSA) is 85.5 Å². The van der Waals surface area contributed by atoms with E-state index >= 15 is 0 Å². The Morgan fingerprint density at radius 2 is 1.86 bits per heavy atom. The number of anilines is 2. The third-order valence-electron chi connectivity index (χ3n) is 9.34. The SMILES string of the molecule is CCN(CC)CCCc1c(C=C2C(=O)Nc3ccc(S(=O)(=O)N4CCc5ccccc54)cc32)[nH]c2c1CCC(C)(C)C2. The number of para-hydroxylation sites is 1. The number of aromatic amines is 1. The van der Waals surface area contributed by atoms with Crippen LogP contribution in [0.5, 0.6) is 0 Å². The summed E-state index contributed by atoms with van der Waals surface area (Å²) < 4.78 is 29.1. The maximum absolute atomic E-state index is 13.8. The molecule has 0 saturated heterocycles. The number of carbonyl (C=O) groups excluding carboxylic acids is 1. The first-order chi connectivity index (χ1) is 20.1. The first kappa shape index (κ1) is 28.7. The van der Waals surface area contributed by atoms with Crippen molar-refractivity contribution in [3.05, 3.63) is 76.1 Å². The van der Waals surface area contributed by atoms with Crippen molar-refractivity contribution in [1.82, 2.24) is 9.88 Å². The zero-order valence-electron chi connectivity index (χ0n) is 25.2. The number of fused-ring (bicyclic) bond motifs is 3. The van der Waals surface area contributed by atoms with Gasteiger partial charge in [0.2, 0.25) is 0 Å². The smallest absolute Gasteiger partial charge is 0.264 e. The lowest BCUT2D eigenvalue weighted by Crippen LogP contribution is -2.29. The fraction of sp³-hybridized carbons (Fsp3) is 0.441. The maximum Gasteiger partial charge on any atom is 0.264 e. The number of hydrogen-bond donors (Lipinski definition) is 2. The van der Waals surface area contributed by atoms with Crippen LogP contribution in [-0.2, 0) is 40.5 Å². The lowest BCUT2D eigenvalue weighted by molar-refractivity contribution is -0.110. The van der Waals surface area contributed by atoms with Crippen LogP contribution in [0.3, 0.4) is 0 Å². The average molecular weight is 587 g/mol. The van der Waals surface area contributed by atoms with Gasteiger partial charge in [-0.25, -0.2) is 8.42 Å². The fourth-order valence-corrected chi connectivity index (χ4v) is 8.40. The number of amides is 1. The van der Waals surface area contributed by atoms with Crippen molar-refractivity contribution in [2.24, 2.45) is 5.41 Å². The Hall–Kier alpha value is -3.36. The van der Waals surface area contributed by atoms with Gasteiger partial charge < -0.3 is 15.2 Å². The minimum absolute atomic E-state index is 0.201. The molecule has 0 unspecified atom stereocenters. The van der Waals surface area contributed by atoms with Gasteiger partial charge in [0, 0.05) is 29.2 Å². The van der Waals surface area contributed by atoms with E-state index in [-0.39, 0.29) is 16.2 Å². The standard InChI is InChI=1S/C34H42N4O3S/c1-5-37(6-2)18-9-11-25-26-15-17-34(3,4)22-31(26)35-30(25)21-28-27-20-24(13-14-29(27)36-33(28)39)42(40,41)38-19-16-23-10-7-8-12-32(23)38/h7-8,10,12-14,20-21,35H,5-6,9,11,15-19,22H2,1-4H3,(H,36,39). The molecular weight excluding hydrogens is 544 g/mol. The van der Waals surface area contributed by atoms with Gasteiger partial charge in [0.05, 0.1) is 16.2 Å². The lowest BCUT2D eigenvalue weighted by atomic mass is 9.76. The van der Waals surface area contributed by atoms with Gasteiger partial charge in [0.15, 0.2) is 0 Å². The fourth-order valence-electron chi connectivity index (χ4n) is 6.87. The molecular formula is C34H42N4O3S. The molecule has 2 aromatic carbocycles. The van der Waals surface area contributed by atoms with Gasteiger partial charge in [-0.05, 0) is 111 Å². The van der Waals surface area contributed by atoms with Crippen LogP contribution in [0.25, 0.3) is 11.6 Å². The van der Waals surface area contributed by atoms with Crippen molar-refractivity contribution in [3.63, 3.8) is 0 Å². The molecule has 3 aromatic rings. The van der Waals surface area contributed by atoms with Crippen molar-refractivity contribution in [2.75, 3.05) is 35.8 Å². The number of sulfonamides is 1. The maximum atomic E-state index is 13.8. The lowest BCUT2D eigenvalue weighted by Gasteiger charge is -2.29. The molecule has 0 fully saturated rings. The first-order valence-corrected chi connectivity index (χ1v) is 16.8. The molecule has 2 aliphatic heterocycles. The van der Waals surface area contributed by atoms with Crippen LogP contribution in [-0.4, -0.2) is 50.4 Å². The zero-order valence-corrected chi connectivity index (χ0v) is 26.0. The molecule has 222 valence electrons. The van der Waals surface area contributed by atoms with Crippen LogP contribution < -0.4 is 9.62 Å². The summed E-state index contributed by atoms with van der Waals surface area (Å²) in [6, 6.07) is 12.6. The van der Waals surface area contributed by atoms with Crippen LogP contribution in [0.1, 0.15) is 74.2 Å². The molecule has 8 heteroatoms. The second kappa shape index (κ2) is 11.0. The molecule has 0 spiro atoms. The molecule has 6 rings (SSSR count). The van der Waals surface area contributed by atoms with E-state index in [1.54, 1.807) is 18.2 Å². The first-order valence-electron chi connectivity index (χ1n) is 15.3. The normalized spacial score (nSPS) is 18.4. The quantitative estimate of drug-likeness (QED) is 0.299. The summed E-state index contributed by atoms with van der Waals surface area (Å²) in [6.07, 6.45) is 7.80. The number of aromatic nitrogens is 1. The molecule has 0 saturated carbocycles. The number of nitrogens with one attached hydrogen (secondary N) is 2. The highest BCUT2D eigenvalue weighted by Crippen LogP contribution is 2.41. The van der Waals surface area contributed by atoms with E-state index in [4.69, 9.17) is 0 Å². The Labute approximate surface area is 250 Å². The minimum Gasteiger partial charge on any atom is -0.358 e. The van der Waals surface area contributed by atoms with Gasteiger partial charge >= 0.3 is 0 Å². The Morgan fingerprint density at radius 1 is 1.07 bits per heavy atom. The van der Waals surface area contributed by atoms with E-state index in [9.17, 15) is 13.2 Å². The van der Waals surface area contributed by atoms with Crippen molar-refractivity contribution < 1.29 is 13.2 Å². The highest BCUT2D eigenvalue weighted by molar-refractivity contribution is 7.92. The predicted octanol–water partition coefficient (Wildman–Crippen LogP) is 6.05. The largest absolute Gasteiger partial charge is 0.358 e. The Bertz CT molecular complexity index is 1660. The van der Waals surface area contributed by atoms with E-state index in [0.717, 1.165) is 68.7 Å². The number of carbonyl (C=O) groups is 1. The zero-order chi connectivity index (χ0) is 29.6. The number of benzene rings is 2. The average Bonchev–Trinajstić information content (AvgIpc) is 3.64. The van der Waals surface area contributed by atoms with Gasteiger partial charge in [-0.3, -0.25) is 9.10 Å². The van der Waals surface area contributed by atoms with Crippen molar-refractivity contribution in [1.29, 1.82) is 0 Å². The highest BCUT2D eigenvalue weighted by Gasteiger charge is 2.34. The summed E-state index contributed by atoms with van der Waals surface area (Å²) in [5, 5.41) is 2.96. The summed E-state index contributed by atoms with van der Waals surface area (Å²) in [5.41, 5.74) is 8.76. The summed E-state index contributed by atoms with van der Waals surface area (Å²) in [5.74, 6) is -0.201. The third-order valence-corrected chi connectivity index (χ3v) is 11.1. The highest BCUT2D eigenvalue weighted by atomic mass is 32.2. The molecule has 7 nitrogen and oxygen atoms in total. The van der Waals surface area contributed by atoms with Crippen molar-refractivity contribution in [3.8, 4) is 0 Å². The molecule has 0 atom stereocenters. The van der Waals surface area contributed by atoms with Crippen LogP contribution in [0, 0.1) is 5.41 Å². The minimum atomic E-state index is -3.78. The Kier molecular flexibility index (Phi) is 7.56. The molecule has 2 N–H and O–H groups in total. The van der Waals surface area contributed by atoms with E-state index in [1.165, 1.54) is 21.1 Å². The molecule has 1 amide bonds. The van der Waals surface area contributed by atoms with Crippen LogP contribution in [0.4, 0.5) is 11.4 Å². The molecule has 1 aromatic heterocycles. The summed E-state index contributed by atoms with van der Waals surface area (Å²) >= 11 is 0. The van der Waals surface area contributed by atoms with Gasteiger partial charge in [0.25, 0.3) is 15.9 Å². The monoisotopic (exact) mass is 586 g/mol. The summed E-state index contributed by atoms with van der Waals surface area (Å²) in [7, 11) is -3.78. The molecule has 1 aliphatic carbocycles. The van der Waals surface area contributed by atoms with Crippen LogP contribution >= 0.6 is 0 Å². The molecule has 0 radical (unpaired) electrons. The van der Waals surface area contributed by atoms with Gasteiger partial charge in [-0.15, -0.1) is 0 Å². The van der Waals surface area contributed by atoms with E-state index < -0.39 is 10.0 Å². The number of rotatable bonds is 9.